The molecule has 0 radical (unpaired) electrons. The molecule has 30 heavy (non-hydrogen) atoms. The summed E-state index contributed by atoms with van der Waals surface area (Å²) >= 11 is 0. The second kappa shape index (κ2) is 12.3. The van der Waals surface area contributed by atoms with E-state index < -0.39 is 0 Å². The predicted molar refractivity (Wildman–Crippen MR) is 123 cm³/mol. The molecule has 0 amide bonds. The molecule has 3 rings (SSSR count). The molecule has 2 N–H and O–H groups in total. The first-order valence-electron chi connectivity index (χ1n) is 11.5. The molecule has 2 fully saturated rings. The van der Waals surface area contributed by atoms with E-state index in [1.54, 1.807) is 7.11 Å². The van der Waals surface area contributed by atoms with Crippen LogP contribution in [0, 0.1) is 18.8 Å². The van der Waals surface area contributed by atoms with Crippen molar-refractivity contribution in [2.75, 3.05) is 60.1 Å². The maximum absolute atomic E-state index is 6.16. The Bertz CT molecular complexity index is 641. The quantitative estimate of drug-likeness (QED) is 0.504. The summed E-state index contributed by atoms with van der Waals surface area (Å²) in [7, 11) is 3.63. The Morgan fingerprint density at radius 3 is 2.57 bits per heavy atom. The van der Waals surface area contributed by atoms with Crippen LogP contribution in [0.3, 0.4) is 0 Å². The van der Waals surface area contributed by atoms with Gasteiger partial charge < -0.3 is 25.0 Å². The number of aryl methyl sites for hydroxylation is 1. The number of ether oxygens (including phenoxy) is 2. The molecular formula is C24H40N4O2. The molecule has 2 heterocycles. The van der Waals surface area contributed by atoms with E-state index in [1.165, 1.54) is 43.5 Å². The number of rotatable bonds is 8. The standard InChI is InChI=1S/C24H40N4O2/c1-19-6-8-21(9-7-19)23-22(5-4-15-30-23)18-27-24(25-2)26-17-20-10-12-28(13-11-20)14-16-29-3/h6-9,20,22-23H,4-5,10-18H2,1-3H3,(H2,25,26,27). The van der Waals surface area contributed by atoms with Gasteiger partial charge in [-0.15, -0.1) is 0 Å². The summed E-state index contributed by atoms with van der Waals surface area (Å²) < 4.78 is 11.4. The zero-order chi connectivity index (χ0) is 21.2. The first-order valence-corrected chi connectivity index (χ1v) is 11.5. The van der Waals surface area contributed by atoms with Gasteiger partial charge in [0, 0.05) is 46.3 Å². The van der Waals surface area contributed by atoms with Crippen LogP contribution >= 0.6 is 0 Å². The minimum absolute atomic E-state index is 0.168. The van der Waals surface area contributed by atoms with E-state index >= 15 is 0 Å². The minimum atomic E-state index is 0.168. The number of hydrogen-bond donors (Lipinski definition) is 2. The number of aliphatic imine (C=N–C) groups is 1. The summed E-state index contributed by atoms with van der Waals surface area (Å²) in [5.74, 6) is 2.08. The molecule has 2 aliphatic heterocycles. The SMILES string of the molecule is CN=C(NCC1CCN(CCOC)CC1)NCC1CCCOC1c1ccc(C)cc1. The van der Waals surface area contributed by atoms with Crippen LogP contribution < -0.4 is 10.6 Å². The maximum Gasteiger partial charge on any atom is 0.190 e. The average molecular weight is 417 g/mol. The number of piperidine rings is 1. The van der Waals surface area contributed by atoms with Crippen LogP contribution in [0.4, 0.5) is 0 Å². The second-order valence-electron chi connectivity index (χ2n) is 8.72. The molecule has 6 nitrogen and oxygen atoms in total. The Kier molecular flexibility index (Phi) is 9.43. The van der Waals surface area contributed by atoms with Gasteiger partial charge in [0.25, 0.3) is 0 Å². The number of likely N-dealkylation sites (tertiary alicyclic amines) is 1. The van der Waals surface area contributed by atoms with E-state index in [4.69, 9.17) is 9.47 Å². The van der Waals surface area contributed by atoms with E-state index in [2.05, 4.69) is 51.7 Å². The number of guanidine groups is 1. The summed E-state index contributed by atoms with van der Waals surface area (Å²) in [5, 5.41) is 7.11. The average Bonchev–Trinajstić information content (AvgIpc) is 2.79. The van der Waals surface area contributed by atoms with E-state index in [1.807, 2.05) is 7.05 Å². The van der Waals surface area contributed by atoms with Gasteiger partial charge in [0.15, 0.2) is 5.96 Å². The highest BCUT2D eigenvalue weighted by Gasteiger charge is 2.27. The molecule has 0 bridgehead atoms. The minimum Gasteiger partial charge on any atom is -0.383 e. The molecule has 0 spiro atoms. The number of nitrogens with one attached hydrogen (secondary N) is 2. The van der Waals surface area contributed by atoms with Crippen molar-refractivity contribution in [2.45, 2.75) is 38.7 Å². The summed E-state index contributed by atoms with van der Waals surface area (Å²) in [6.45, 7) is 9.06. The molecule has 2 saturated heterocycles. The molecule has 6 heteroatoms. The Hall–Kier alpha value is -1.63. The summed E-state index contributed by atoms with van der Waals surface area (Å²) in [4.78, 5) is 6.95. The lowest BCUT2D eigenvalue weighted by Gasteiger charge is -2.33. The molecule has 1 aromatic carbocycles. The van der Waals surface area contributed by atoms with Crippen LogP contribution in [0.15, 0.2) is 29.3 Å². The van der Waals surface area contributed by atoms with Crippen LogP contribution in [-0.2, 0) is 9.47 Å². The summed E-state index contributed by atoms with van der Waals surface area (Å²) in [5.41, 5.74) is 2.58. The van der Waals surface area contributed by atoms with Crippen molar-refractivity contribution >= 4 is 5.96 Å². The molecule has 0 aromatic heterocycles. The van der Waals surface area contributed by atoms with Crippen molar-refractivity contribution in [3.63, 3.8) is 0 Å². The van der Waals surface area contributed by atoms with Crippen molar-refractivity contribution in [3.05, 3.63) is 35.4 Å². The lowest BCUT2D eigenvalue weighted by atomic mass is 9.89. The van der Waals surface area contributed by atoms with Crippen molar-refractivity contribution in [2.24, 2.45) is 16.8 Å². The number of hydrogen-bond acceptors (Lipinski definition) is 4. The smallest absolute Gasteiger partial charge is 0.190 e. The third-order valence-electron chi connectivity index (χ3n) is 6.48. The summed E-state index contributed by atoms with van der Waals surface area (Å²) in [6.07, 6.45) is 4.95. The topological polar surface area (TPSA) is 58.1 Å². The maximum atomic E-state index is 6.16. The highest BCUT2D eigenvalue weighted by molar-refractivity contribution is 5.79. The molecule has 168 valence electrons. The Morgan fingerprint density at radius 1 is 1.13 bits per heavy atom. The first kappa shape index (κ1) is 23.0. The number of methoxy groups -OCH3 is 1. The molecule has 2 atom stereocenters. The van der Waals surface area contributed by atoms with E-state index in [0.29, 0.717) is 11.8 Å². The molecule has 0 aliphatic carbocycles. The third-order valence-corrected chi connectivity index (χ3v) is 6.48. The van der Waals surface area contributed by atoms with Crippen molar-refractivity contribution in [3.8, 4) is 0 Å². The van der Waals surface area contributed by atoms with Crippen molar-refractivity contribution in [1.29, 1.82) is 0 Å². The summed E-state index contributed by atoms with van der Waals surface area (Å²) in [6, 6.07) is 8.78. The van der Waals surface area contributed by atoms with Gasteiger partial charge in [0.2, 0.25) is 0 Å². The Labute approximate surface area is 182 Å². The Morgan fingerprint density at radius 2 is 1.87 bits per heavy atom. The monoisotopic (exact) mass is 416 g/mol. The molecule has 2 unspecified atom stereocenters. The molecule has 1 aromatic rings. The van der Waals surface area contributed by atoms with Crippen LogP contribution in [-0.4, -0.2) is 71.0 Å². The van der Waals surface area contributed by atoms with Gasteiger partial charge in [-0.1, -0.05) is 29.8 Å². The lowest BCUT2D eigenvalue weighted by Crippen LogP contribution is -2.45. The fourth-order valence-corrected chi connectivity index (χ4v) is 4.50. The van der Waals surface area contributed by atoms with E-state index in [9.17, 15) is 0 Å². The molecule has 2 aliphatic rings. The van der Waals surface area contributed by atoms with Gasteiger partial charge in [-0.25, -0.2) is 0 Å². The van der Waals surface area contributed by atoms with Crippen LogP contribution in [0.2, 0.25) is 0 Å². The third kappa shape index (κ3) is 6.96. The lowest BCUT2D eigenvalue weighted by molar-refractivity contribution is -0.0265. The van der Waals surface area contributed by atoms with Gasteiger partial charge in [0.1, 0.15) is 0 Å². The van der Waals surface area contributed by atoms with Crippen molar-refractivity contribution < 1.29 is 9.47 Å². The highest BCUT2D eigenvalue weighted by Crippen LogP contribution is 2.33. The van der Waals surface area contributed by atoms with Crippen LogP contribution in [0.1, 0.15) is 42.9 Å². The van der Waals surface area contributed by atoms with E-state index in [-0.39, 0.29) is 6.10 Å². The highest BCUT2D eigenvalue weighted by atomic mass is 16.5. The van der Waals surface area contributed by atoms with Gasteiger partial charge in [-0.3, -0.25) is 4.99 Å². The first-order chi connectivity index (χ1) is 14.7. The van der Waals surface area contributed by atoms with Crippen LogP contribution in [0.25, 0.3) is 0 Å². The normalized spacial score (nSPS) is 24.0. The predicted octanol–water partition coefficient (Wildman–Crippen LogP) is 2.99. The van der Waals surface area contributed by atoms with E-state index in [0.717, 1.165) is 45.2 Å². The Balaban J connectivity index is 1.42. The molecular weight excluding hydrogens is 376 g/mol. The molecule has 0 saturated carbocycles. The largest absolute Gasteiger partial charge is 0.383 e. The van der Waals surface area contributed by atoms with Gasteiger partial charge >= 0.3 is 0 Å². The van der Waals surface area contributed by atoms with Gasteiger partial charge in [0.05, 0.1) is 12.7 Å². The fourth-order valence-electron chi connectivity index (χ4n) is 4.50. The number of nitrogens with zero attached hydrogens (tertiary/aromatic N) is 2. The fraction of sp³-hybridized carbons (Fsp3) is 0.708. The van der Waals surface area contributed by atoms with Crippen molar-refractivity contribution in [1.82, 2.24) is 15.5 Å². The van der Waals surface area contributed by atoms with Gasteiger partial charge in [-0.05, 0) is 57.2 Å². The van der Waals surface area contributed by atoms with Crippen LogP contribution in [0.5, 0.6) is 0 Å². The zero-order valence-corrected chi connectivity index (χ0v) is 19.0. The zero-order valence-electron chi connectivity index (χ0n) is 19.0. The second-order valence-corrected chi connectivity index (χ2v) is 8.72. The van der Waals surface area contributed by atoms with Gasteiger partial charge in [-0.2, -0.15) is 0 Å². The number of benzene rings is 1.